The Morgan fingerprint density at radius 1 is 1.44 bits per heavy atom. The molecule has 0 saturated carbocycles. The molecule has 0 radical (unpaired) electrons. The summed E-state index contributed by atoms with van der Waals surface area (Å²) in [5.74, 6) is -4.59. The van der Waals surface area contributed by atoms with E-state index in [1.807, 2.05) is 0 Å². The van der Waals surface area contributed by atoms with Crippen LogP contribution in [0.4, 0.5) is 13.2 Å². The summed E-state index contributed by atoms with van der Waals surface area (Å²) >= 11 is 0. The molecule has 3 nitrogen and oxygen atoms in total. The molecule has 18 heavy (non-hydrogen) atoms. The molecule has 1 amide bonds. The van der Waals surface area contributed by atoms with Gasteiger partial charge in [-0.25, -0.2) is 13.2 Å². The van der Waals surface area contributed by atoms with Crippen molar-refractivity contribution in [1.29, 1.82) is 0 Å². The Kier molecular flexibility index (Phi) is 3.19. The number of likely N-dealkylation sites (tertiary alicyclic amines) is 1. The number of hydrogen-bond donors (Lipinski definition) is 1. The van der Waals surface area contributed by atoms with Crippen LogP contribution in [0.1, 0.15) is 12.0 Å². The van der Waals surface area contributed by atoms with Crippen molar-refractivity contribution < 1.29 is 23.1 Å². The van der Waals surface area contributed by atoms with Gasteiger partial charge in [0.25, 0.3) is 5.92 Å². The monoisotopic (exact) mass is 259 g/mol. The predicted molar refractivity (Wildman–Crippen MR) is 57.9 cm³/mol. The Hall–Kier alpha value is -1.72. The van der Waals surface area contributed by atoms with Crippen LogP contribution in [0, 0.1) is 5.82 Å². The van der Waals surface area contributed by atoms with Crippen molar-refractivity contribution in [2.24, 2.45) is 0 Å². The number of halogens is 3. The number of aromatic hydroxyl groups is 1. The smallest absolute Gasteiger partial charge is 0.267 e. The van der Waals surface area contributed by atoms with Crippen LogP contribution in [0.3, 0.4) is 0 Å². The van der Waals surface area contributed by atoms with Crippen molar-refractivity contribution in [2.45, 2.75) is 18.8 Å². The summed E-state index contributed by atoms with van der Waals surface area (Å²) < 4.78 is 38.6. The topological polar surface area (TPSA) is 40.5 Å². The Morgan fingerprint density at radius 2 is 2.17 bits per heavy atom. The van der Waals surface area contributed by atoms with E-state index in [2.05, 4.69) is 0 Å². The van der Waals surface area contributed by atoms with Gasteiger partial charge in [0.2, 0.25) is 5.91 Å². The fourth-order valence-electron chi connectivity index (χ4n) is 1.90. The minimum absolute atomic E-state index is 0.0268. The maximum atomic E-state index is 12.9. The second-order valence-corrected chi connectivity index (χ2v) is 4.38. The number of phenolic OH excluding ortho intramolecular Hbond substituents is 1. The van der Waals surface area contributed by atoms with Gasteiger partial charge in [-0.05, 0) is 17.7 Å². The molecular weight excluding hydrogens is 247 g/mol. The molecule has 1 heterocycles. The number of carbonyl (C=O) groups is 1. The molecule has 0 atom stereocenters. The van der Waals surface area contributed by atoms with Gasteiger partial charge in [0.1, 0.15) is 0 Å². The fraction of sp³-hybridized carbons (Fsp3) is 0.417. The number of nitrogens with zero attached hydrogens (tertiary/aromatic N) is 1. The Labute approximate surface area is 102 Å². The lowest BCUT2D eigenvalue weighted by Crippen LogP contribution is -2.32. The molecule has 98 valence electrons. The third-order valence-corrected chi connectivity index (χ3v) is 2.89. The van der Waals surface area contributed by atoms with Gasteiger partial charge in [0, 0.05) is 13.0 Å². The maximum absolute atomic E-state index is 12.9. The van der Waals surface area contributed by atoms with Gasteiger partial charge < -0.3 is 10.0 Å². The molecule has 1 aliphatic rings. The second kappa shape index (κ2) is 4.51. The Balaban J connectivity index is 2.01. The first-order valence-electron chi connectivity index (χ1n) is 5.50. The van der Waals surface area contributed by atoms with Crippen LogP contribution in [0.15, 0.2) is 18.2 Å². The molecule has 1 aromatic carbocycles. The Morgan fingerprint density at radius 3 is 2.72 bits per heavy atom. The van der Waals surface area contributed by atoms with E-state index < -0.39 is 29.9 Å². The highest BCUT2D eigenvalue weighted by Gasteiger charge is 2.40. The van der Waals surface area contributed by atoms with E-state index in [1.54, 1.807) is 0 Å². The minimum Gasteiger partial charge on any atom is -0.505 e. The summed E-state index contributed by atoms with van der Waals surface area (Å²) in [4.78, 5) is 12.8. The van der Waals surface area contributed by atoms with Crippen molar-refractivity contribution in [3.05, 3.63) is 29.6 Å². The van der Waals surface area contributed by atoms with E-state index in [-0.39, 0.29) is 19.4 Å². The van der Waals surface area contributed by atoms with Crippen molar-refractivity contribution in [1.82, 2.24) is 4.90 Å². The van der Waals surface area contributed by atoms with E-state index in [0.29, 0.717) is 5.56 Å². The van der Waals surface area contributed by atoms with Gasteiger partial charge in [-0.1, -0.05) is 6.07 Å². The summed E-state index contributed by atoms with van der Waals surface area (Å²) in [5, 5.41) is 9.14. The maximum Gasteiger partial charge on any atom is 0.267 e. The molecule has 0 unspecified atom stereocenters. The van der Waals surface area contributed by atoms with E-state index in [1.165, 1.54) is 6.07 Å². The normalized spacial score (nSPS) is 18.1. The number of amides is 1. The first kappa shape index (κ1) is 12.7. The average Bonchev–Trinajstić information content (AvgIpc) is 2.64. The van der Waals surface area contributed by atoms with Gasteiger partial charge >= 0.3 is 0 Å². The quantitative estimate of drug-likeness (QED) is 0.881. The zero-order chi connectivity index (χ0) is 13.3. The van der Waals surface area contributed by atoms with E-state index in [4.69, 9.17) is 5.11 Å². The molecule has 2 rings (SSSR count). The van der Waals surface area contributed by atoms with E-state index >= 15 is 0 Å². The summed E-state index contributed by atoms with van der Waals surface area (Å²) in [5.41, 5.74) is 0.397. The largest absolute Gasteiger partial charge is 0.505 e. The van der Waals surface area contributed by atoms with Crippen LogP contribution in [0.2, 0.25) is 0 Å². The van der Waals surface area contributed by atoms with Crippen molar-refractivity contribution in [3.8, 4) is 5.75 Å². The summed E-state index contributed by atoms with van der Waals surface area (Å²) in [6.45, 7) is -0.544. The first-order chi connectivity index (χ1) is 8.37. The number of benzene rings is 1. The van der Waals surface area contributed by atoms with Crippen LogP contribution < -0.4 is 0 Å². The van der Waals surface area contributed by atoms with Crippen molar-refractivity contribution >= 4 is 5.91 Å². The lowest BCUT2D eigenvalue weighted by atomic mass is 10.1. The van der Waals surface area contributed by atoms with Crippen LogP contribution in [0.25, 0.3) is 0 Å². The molecular formula is C12H12F3NO2. The summed E-state index contributed by atoms with van der Waals surface area (Å²) in [6.07, 6.45) is -0.447. The molecule has 1 N–H and O–H groups in total. The summed E-state index contributed by atoms with van der Waals surface area (Å²) in [7, 11) is 0. The van der Waals surface area contributed by atoms with Crippen molar-refractivity contribution in [3.63, 3.8) is 0 Å². The highest BCUT2D eigenvalue weighted by atomic mass is 19.3. The van der Waals surface area contributed by atoms with Gasteiger partial charge in [0.05, 0.1) is 13.0 Å². The van der Waals surface area contributed by atoms with E-state index in [0.717, 1.165) is 17.0 Å². The molecule has 0 aromatic heterocycles. The van der Waals surface area contributed by atoms with Crippen molar-refractivity contribution in [2.75, 3.05) is 13.1 Å². The lowest BCUT2D eigenvalue weighted by molar-refractivity contribution is -0.130. The van der Waals surface area contributed by atoms with Crippen LogP contribution in [0.5, 0.6) is 5.75 Å². The molecule has 0 bridgehead atoms. The molecule has 6 heteroatoms. The average molecular weight is 259 g/mol. The first-order valence-corrected chi connectivity index (χ1v) is 5.50. The highest BCUT2D eigenvalue weighted by Crippen LogP contribution is 2.27. The third kappa shape index (κ3) is 2.75. The third-order valence-electron chi connectivity index (χ3n) is 2.89. The highest BCUT2D eigenvalue weighted by molar-refractivity contribution is 5.79. The SMILES string of the molecule is O=C(Cc1ccc(F)c(O)c1)N1CCC(F)(F)C1. The molecule has 1 fully saturated rings. The van der Waals surface area contributed by atoms with Gasteiger partial charge in [0.15, 0.2) is 11.6 Å². The minimum atomic E-state index is -2.82. The standard InChI is InChI=1S/C12H12F3NO2/c13-9-2-1-8(5-10(9)17)6-11(18)16-4-3-12(14,15)7-16/h1-2,5,17H,3-4,6-7H2. The number of alkyl halides is 2. The number of carbonyl (C=O) groups excluding carboxylic acids is 1. The molecule has 1 aliphatic heterocycles. The Bertz CT molecular complexity index is 476. The lowest BCUT2D eigenvalue weighted by Gasteiger charge is -2.16. The molecule has 0 spiro atoms. The van der Waals surface area contributed by atoms with Gasteiger partial charge in [-0.2, -0.15) is 0 Å². The van der Waals surface area contributed by atoms with Crippen LogP contribution in [-0.2, 0) is 11.2 Å². The van der Waals surface area contributed by atoms with Gasteiger partial charge in [-0.3, -0.25) is 4.79 Å². The predicted octanol–water partition coefficient (Wildman–Crippen LogP) is 1.94. The zero-order valence-corrected chi connectivity index (χ0v) is 9.50. The van der Waals surface area contributed by atoms with Crippen LogP contribution in [-0.4, -0.2) is 34.9 Å². The molecule has 1 aromatic rings. The van der Waals surface area contributed by atoms with E-state index in [9.17, 15) is 18.0 Å². The fourth-order valence-corrected chi connectivity index (χ4v) is 1.90. The van der Waals surface area contributed by atoms with Crippen LogP contribution >= 0.6 is 0 Å². The number of hydrogen-bond acceptors (Lipinski definition) is 2. The summed E-state index contributed by atoms with van der Waals surface area (Å²) in [6, 6.07) is 3.51. The molecule has 0 aliphatic carbocycles. The molecule has 1 saturated heterocycles. The van der Waals surface area contributed by atoms with Gasteiger partial charge in [-0.15, -0.1) is 0 Å². The zero-order valence-electron chi connectivity index (χ0n) is 9.50. The second-order valence-electron chi connectivity index (χ2n) is 4.38. The number of phenols is 1. The number of rotatable bonds is 2.